The van der Waals surface area contributed by atoms with Crippen LogP contribution in [0.15, 0.2) is 0 Å². The summed E-state index contributed by atoms with van der Waals surface area (Å²) in [6.07, 6.45) is 0. The molecule has 0 bridgehead atoms. The fourth-order valence-electron chi connectivity index (χ4n) is 0. The van der Waals surface area contributed by atoms with E-state index in [-0.39, 0.29) is 88.7 Å². The molecule has 0 amide bonds. The summed E-state index contributed by atoms with van der Waals surface area (Å²) in [4.78, 5) is 27.7. The summed E-state index contributed by atoms with van der Waals surface area (Å²) in [6.45, 7) is 0. The minimum atomic E-state index is -5.25. The third-order valence-electron chi connectivity index (χ3n) is 0.224. The van der Waals surface area contributed by atoms with E-state index in [1.165, 1.54) is 0 Å². The second-order valence-corrected chi connectivity index (χ2v) is 5.03. The van der Waals surface area contributed by atoms with Gasteiger partial charge in [0.15, 0.2) is 8.59 Å². The Bertz CT molecular complexity index is 129. The van der Waals surface area contributed by atoms with Gasteiger partial charge < -0.3 is 23.6 Å². The van der Waals surface area contributed by atoms with Crippen LogP contribution < -0.4 is 103 Å². The average molecular weight is 208 g/mol. The Labute approximate surface area is 126 Å². The van der Waals surface area contributed by atoms with E-state index < -0.39 is 15.7 Å². The van der Waals surface area contributed by atoms with Crippen LogP contribution in [-0.4, -0.2) is 8.59 Å². The van der Waals surface area contributed by atoms with Crippen molar-refractivity contribution in [3.63, 3.8) is 0 Å². The molecule has 0 aromatic heterocycles. The Hall–Kier alpha value is 2.97. The normalized spacial score (nSPS) is 7.80. The van der Waals surface area contributed by atoms with Crippen LogP contribution in [0.4, 0.5) is 0 Å². The van der Waals surface area contributed by atoms with Crippen LogP contribution >= 0.6 is 7.14 Å². The van der Waals surface area contributed by atoms with Crippen molar-refractivity contribution in [3.8, 4) is 0 Å². The summed E-state index contributed by atoms with van der Waals surface area (Å²) in [5, 5.41) is 0. The van der Waals surface area contributed by atoms with E-state index in [0.29, 0.717) is 0 Å². The van der Waals surface area contributed by atoms with Crippen molar-refractivity contribution < 1.29 is 112 Å². The summed E-state index contributed by atoms with van der Waals surface area (Å²) in [6, 6.07) is 0. The molecule has 0 radical (unpaired) electrons. The SMILES string of the molecule is O=[Si]([O-])P(=O)([O-])[O-].[Na+].[Na+].[Na+]. The van der Waals surface area contributed by atoms with Gasteiger partial charge in [-0.05, 0) is 7.14 Å². The molecule has 0 aliphatic carbocycles. The maximum Gasteiger partial charge on any atom is 1.00 e. The molecule has 0 unspecified atom stereocenters. The van der Waals surface area contributed by atoms with Gasteiger partial charge in [-0.15, -0.1) is 0 Å². The van der Waals surface area contributed by atoms with E-state index in [4.69, 9.17) is 0 Å². The first kappa shape index (κ1) is 23.1. The standard InChI is InChI=1S/3Na.H2O5PSi/c;;;1-6(2,3)7(4)5/h;;;(H2,1,2,3)/q3*+1;-1/p-2. The Kier molecular flexibility index (Phi) is 23.2. The van der Waals surface area contributed by atoms with Crippen LogP contribution in [0.5, 0.6) is 0 Å². The first-order valence-corrected chi connectivity index (χ1v) is 4.88. The van der Waals surface area contributed by atoms with Crippen LogP contribution in [0.25, 0.3) is 0 Å². The molecular formula is Na3O5PSi. The van der Waals surface area contributed by atoms with Crippen molar-refractivity contribution in [2.24, 2.45) is 0 Å². The van der Waals surface area contributed by atoms with Crippen molar-refractivity contribution >= 4 is 15.7 Å². The third-order valence-corrected chi connectivity index (χ3v) is 2.01. The second-order valence-electron chi connectivity index (χ2n) is 0.763. The molecule has 10 heavy (non-hydrogen) atoms. The summed E-state index contributed by atoms with van der Waals surface area (Å²) >= 11 is 0. The van der Waals surface area contributed by atoms with Gasteiger partial charge in [0, 0.05) is 0 Å². The van der Waals surface area contributed by atoms with Gasteiger partial charge in [0.05, 0.1) is 0 Å². The summed E-state index contributed by atoms with van der Waals surface area (Å²) in [5.41, 5.74) is 0. The van der Waals surface area contributed by atoms with Gasteiger partial charge in [-0.1, -0.05) is 0 Å². The molecule has 0 aliphatic rings. The molecule has 0 atom stereocenters. The van der Waals surface area contributed by atoms with Crippen LogP contribution in [0, 0.1) is 0 Å². The molecule has 0 aliphatic heterocycles. The molecule has 0 spiro atoms. The molecule has 0 rings (SSSR count). The van der Waals surface area contributed by atoms with Gasteiger partial charge >= 0.3 is 88.7 Å². The largest absolute Gasteiger partial charge is 1.00 e. The van der Waals surface area contributed by atoms with E-state index in [1.54, 1.807) is 0 Å². The van der Waals surface area contributed by atoms with Crippen LogP contribution in [0.2, 0.25) is 0 Å². The molecule has 0 saturated heterocycles. The fourth-order valence-corrected chi connectivity index (χ4v) is 0. The minimum Gasteiger partial charge on any atom is -0.810 e. The van der Waals surface area contributed by atoms with E-state index in [0.717, 1.165) is 0 Å². The molecule has 0 aromatic rings. The van der Waals surface area contributed by atoms with Crippen molar-refractivity contribution in [3.05, 3.63) is 0 Å². The zero-order chi connectivity index (χ0) is 6.08. The molecule has 0 N–H and O–H groups in total. The first-order valence-electron chi connectivity index (χ1n) is 1.18. The van der Waals surface area contributed by atoms with E-state index in [2.05, 4.69) is 0 Å². The van der Waals surface area contributed by atoms with Gasteiger partial charge in [-0.3, -0.25) is 0 Å². The predicted octanol–water partition coefficient (Wildman–Crippen LogP) is -12.3. The van der Waals surface area contributed by atoms with Crippen LogP contribution in [0.3, 0.4) is 0 Å². The van der Waals surface area contributed by atoms with Crippen molar-refractivity contribution in [2.45, 2.75) is 0 Å². The van der Waals surface area contributed by atoms with Gasteiger partial charge in [0.25, 0.3) is 0 Å². The minimum absolute atomic E-state index is 0. The molecular weight excluding hydrogens is 208 g/mol. The molecule has 0 aromatic carbocycles. The number of rotatable bonds is 1. The monoisotopic (exact) mass is 208 g/mol. The Morgan fingerprint density at radius 2 is 1.20 bits per heavy atom. The molecule has 10 heteroatoms. The van der Waals surface area contributed by atoms with Crippen molar-refractivity contribution in [1.29, 1.82) is 0 Å². The van der Waals surface area contributed by atoms with Gasteiger partial charge in [-0.2, -0.15) is 0 Å². The summed E-state index contributed by atoms with van der Waals surface area (Å²) in [5.74, 6) is 0. The van der Waals surface area contributed by atoms with Crippen molar-refractivity contribution in [1.82, 2.24) is 0 Å². The van der Waals surface area contributed by atoms with Gasteiger partial charge in [0.1, 0.15) is 0 Å². The third kappa shape index (κ3) is 13.5. The molecule has 0 fully saturated rings. The topological polar surface area (TPSA) is 103 Å². The smallest absolute Gasteiger partial charge is 0.810 e. The molecule has 0 heterocycles. The van der Waals surface area contributed by atoms with Crippen LogP contribution in [-0.2, 0) is 9.03 Å². The van der Waals surface area contributed by atoms with E-state index in [9.17, 15) is 23.6 Å². The maximum absolute atomic E-state index is 9.22. The van der Waals surface area contributed by atoms with Crippen molar-refractivity contribution in [2.75, 3.05) is 0 Å². The molecule has 5 nitrogen and oxygen atoms in total. The Morgan fingerprint density at radius 3 is 1.20 bits per heavy atom. The molecule has 42 valence electrons. The Balaban J connectivity index is -0.0000000600. The fraction of sp³-hybridized carbons (Fsp3) is 0. The zero-order valence-electron chi connectivity index (χ0n) is 5.99. The number of hydrogen-bond acceptors (Lipinski definition) is 5. The summed E-state index contributed by atoms with van der Waals surface area (Å²) < 4.78 is 18.4. The second kappa shape index (κ2) is 10.1. The molecule has 0 saturated carbocycles. The quantitative estimate of drug-likeness (QED) is 0.314. The Morgan fingerprint density at radius 1 is 1.10 bits per heavy atom. The maximum atomic E-state index is 9.22. The number of hydrogen-bond donors (Lipinski definition) is 0. The first-order chi connectivity index (χ1) is 2.94. The van der Waals surface area contributed by atoms with E-state index >= 15 is 0 Å². The average Bonchev–Trinajstić information content (AvgIpc) is 1.31. The predicted molar refractivity (Wildman–Crippen MR) is 14.0 cm³/mol. The van der Waals surface area contributed by atoms with Gasteiger partial charge in [0.2, 0.25) is 0 Å². The van der Waals surface area contributed by atoms with Gasteiger partial charge in [-0.25, -0.2) is 0 Å². The van der Waals surface area contributed by atoms with E-state index in [1.807, 2.05) is 0 Å². The zero-order valence-corrected chi connectivity index (χ0v) is 13.9. The van der Waals surface area contributed by atoms with Crippen LogP contribution in [0.1, 0.15) is 0 Å². The summed E-state index contributed by atoms with van der Waals surface area (Å²) in [7, 11) is -9.35.